The summed E-state index contributed by atoms with van der Waals surface area (Å²) in [4.78, 5) is 24.8. The van der Waals surface area contributed by atoms with Crippen LogP contribution in [0.2, 0.25) is 0 Å². The maximum absolute atomic E-state index is 11.0. The van der Waals surface area contributed by atoms with Crippen molar-refractivity contribution in [3.05, 3.63) is 23.8 Å². The van der Waals surface area contributed by atoms with Gasteiger partial charge in [-0.25, -0.2) is 9.78 Å². The first kappa shape index (κ1) is 19.4. The van der Waals surface area contributed by atoms with Gasteiger partial charge in [0.2, 0.25) is 5.95 Å². The summed E-state index contributed by atoms with van der Waals surface area (Å²) in [6.07, 6.45) is 5.74. The van der Waals surface area contributed by atoms with Gasteiger partial charge in [-0.1, -0.05) is 29.9 Å². The standard InChI is InChI=1S/C19H25N5O2S/c1-3-17(25)26-21-10-6-4-5-7-14-8-9-15-16(11-14)24(18(20)23-15)19-22-13(2)12-27-19/h8-11,13H,3-7,12H2,1-2H3,(H2,20,23). The maximum Gasteiger partial charge on any atom is 0.334 e. The Morgan fingerprint density at radius 3 is 3.07 bits per heavy atom. The number of hydrogen-bond donors (Lipinski definition) is 1. The second-order valence-electron chi connectivity index (χ2n) is 6.55. The molecule has 8 heteroatoms. The van der Waals surface area contributed by atoms with E-state index in [1.54, 1.807) is 24.9 Å². The van der Waals surface area contributed by atoms with Crippen LogP contribution in [0.3, 0.4) is 0 Å². The number of aliphatic imine (C=N–C) groups is 1. The molecule has 144 valence electrons. The number of thioether (sulfide) groups is 1. The molecular formula is C19H25N5O2S. The number of carbonyl (C=O) groups excluding carboxylic acids is 1. The second kappa shape index (κ2) is 9.03. The van der Waals surface area contributed by atoms with Crippen molar-refractivity contribution >= 4 is 46.1 Å². The summed E-state index contributed by atoms with van der Waals surface area (Å²) in [5.74, 6) is 1.15. The van der Waals surface area contributed by atoms with Gasteiger partial charge in [-0.2, -0.15) is 0 Å². The van der Waals surface area contributed by atoms with E-state index in [1.807, 2.05) is 10.6 Å². The van der Waals surface area contributed by atoms with Crippen molar-refractivity contribution in [2.75, 3.05) is 11.5 Å². The molecule has 1 aromatic heterocycles. The van der Waals surface area contributed by atoms with Gasteiger partial charge in [-0.15, -0.1) is 0 Å². The fourth-order valence-electron chi connectivity index (χ4n) is 2.85. The normalized spacial score (nSPS) is 17.0. The first-order valence-electron chi connectivity index (χ1n) is 9.28. The number of aryl methyl sites for hydroxylation is 1. The van der Waals surface area contributed by atoms with Crippen LogP contribution in [0, 0.1) is 0 Å². The van der Waals surface area contributed by atoms with E-state index in [0.29, 0.717) is 18.4 Å². The molecule has 0 spiro atoms. The van der Waals surface area contributed by atoms with E-state index in [4.69, 9.17) is 5.73 Å². The molecule has 1 aromatic carbocycles. The van der Waals surface area contributed by atoms with E-state index in [9.17, 15) is 4.79 Å². The molecule has 2 N–H and O–H groups in total. The van der Waals surface area contributed by atoms with Gasteiger partial charge in [0.1, 0.15) is 0 Å². The van der Waals surface area contributed by atoms with E-state index in [2.05, 4.69) is 39.0 Å². The number of oxime groups is 1. The molecule has 0 saturated carbocycles. The fourth-order valence-corrected chi connectivity index (χ4v) is 3.89. The highest BCUT2D eigenvalue weighted by Crippen LogP contribution is 2.27. The molecule has 0 bridgehead atoms. The summed E-state index contributed by atoms with van der Waals surface area (Å²) in [7, 11) is 0. The second-order valence-corrected chi connectivity index (χ2v) is 7.54. The predicted molar refractivity (Wildman–Crippen MR) is 111 cm³/mol. The Hall–Kier alpha value is -2.35. The lowest BCUT2D eigenvalue weighted by molar-refractivity contribution is -0.143. The van der Waals surface area contributed by atoms with Crippen LogP contribution in [-0.2, 0) is 16.1 Å². The molecule has 1 unspecified atom stereocenters. The highest BCUT2D eigenvalue weighted by Gasteiger charge is 2.20. The number of imidazole rings is 1. The van der Waals surface area contributed by atoms with Crippen molar-refractivity contribution < 1.29 is 9.63 Å². The molecule has 3 rings (SSSR count). The Bertz CT molecular complexity index is 874. The molecule has 0 aliphatic carbocycles. The minimum atomic E-state index is -0.310. The number of unbranched alkanes of at least 4 members (excludes halogenated alkanes) is 2. The van der Waals surface area contributed by atoms with Crippen molar-refractivity contribution in [2.45, 2.75) is 52.0 Å². The number of nitrogens with two attached hydrogens (primary N) is 1. The van der Waals surface area contributed by atoms with E-state index in [0.717, 1.165) is 47.6 Å². The zero-order valence-electron chi connectivity index (χ0n) is 15.7. The number of nitrogen functional groups attached to an aromatic ring is 1. The monoisotopic (exact) mass is 387 g/mol. The van der Waals surface area contributed by atoms with Crippen LogP contribution in [0.1, 0.15) is 45.1 Å². The van der Waals surface area contributed by atoms with E-state index in [1.165, 1.54) is 5.56 Å². The molecule has 1 aliphatic heterocycles. The van der Waals surface area contributed by atoms with Gasteiger partial charge in [-0.3, -0.25) is 9.56 Å². The number of aromatic nitrogens is 2. The number of anilines is 1. The van der Waals surface area contributed by atoms with E-state index in [-0.39, 0.29) is 5.97 Å². The van der Waals surface area contributed by atoms with Crippen molar-refractivity contribution in [1.29, 1.82) is 0 Å². The molecule has 2 aromatic rings. The molecule has 0 saturated heterocycles. The Balaban J connectivity index is 1.60. The Labute approximate surface area is 163 Å². The minimum Gasteiger partial charge on any atom is -0.369 e. The first-order chi connectivity index (χ1) is 13.1. The number of benzene rings is 1. The SMILES string of the molecule is CCC(=O)ON=CCCCCc1ccc2nc(N)n(C3=NC(C)CS3)c2c1. The quantitative estimate of drug-likeness (QED) is 0.339. The topological polar surface area (TPSA) is 94.9 Å². The number of hydrogen-bond acceptors (Lipinski definition) is 7. The zero-order chi connectivity index (χ0) is 19.2. The van der Waals surface area contributed by atoms with Crippen LogP contribution in [0.5, 0.6) is 0 Å². The number of rotatable bonds is 7. The third-order valence-electron chi connectivity index (χ3n) is 4.29. The molecular weight excluding hydrogens is 362 g/mol. The Morgan fingerprint density at radius 2 is 2.33 bits per heavy atom. The number of fused-ring (bicyclic) bond motifs is 1. The molecule has 1 atom stereocenters. The lowest BCUT2D eigenvalue weighted by Gasteiger charge is -2.06. The lowest BCUT2D eigenvalue weighted by Crippen LogP contribution is -2.09. The minimum absolute atomic E-state index is 0.309. The van der Waals surface area contributed by atoms with Crippen molar-refractivity contribution in [3.8, 4) is 0 Å². The molecule has 7 nitrogen and oxygen atoms in total. The van der Waals surface area contributed by atoms with Gasteiger partial charge in [0.15, 0.2) is 5.17 Å². The van der Waals surface area contributed by atoms with Gasteiger partial charge in [0, 0.05) is 18.4 Å². The fraction of sp³-hybridized carbons (Fsp3) is 0.474. The molecule has 2 heterocycles. The predicted octanol–water partition coefficient (Wildman–Crippen LogP) is 3.61. The summed E-state index contributed by atoms with van der Waals surface area (Å²) in [5, 5.41) is 4.60. The van der Waals surface area contributed by atoms with E-state index < -0.39 is 0 Å². The third kappa shape index (κ3) is 4.88. The number of nitrogens with zero attached hydrogens (tertiary/aromatic N) is 4. The highest BCUT2D eigenvalue weighted by molar-refractivity contribution is 8.14. The summed E-state index contributed by atoms with van der Waals surface area (Å²) in [5.41, 5.74) is 9.29. The number of carbonyl (C=O) groups is 1. The molecule has 27 heavy (non-hydrogen) atoms. The van der Waals surface area contributed by atoms with E-state index >= 15 is 0 Å². The molecule has 0 fully saturated rings. The highest BCUT2D eigenvalue weighted by atomic mass is 32.2. The largest absolute Gasteiger partial charge is 0.369 e. The summed E-state index contributed by atoms with van der Waals surface area (Å²) in [6, 6.07) is 6.58. The van der Waals surface area contributed by atoms with Crippen molar-refractivity contribution in [3.63, 3.8) is 0 Å². The third-order valence-corrected chi connectivity index (χ3v) is 5.48. The Morgan fingerprint density at radius 1 is 1.48 bits per heavy atom. The van der Waals surface area contributed by atoms with Crippen LogP contribution in [0.25, 0.3) is 11.0 Å². The summed E-state index contributed by atoms with van der Waals surface area (Å²) in [6.45, 7) is 3.85. The summed E-state index contributed by atoms with van der Waals surface area (Å²) >= 11 is 1.72. The Kier molecular flexibility index (Phi) is 6.49. The maximum atomic E-state index is 11.0. The zero-order valence-corrected chi connectivity index (χ0v) is 16.5. The van der Waals surface area contributed by atoms with Gasteiger partial charge < -0.3 is 10.6 Å². The van der Waals surface area contributed by atoms with Crippen LogP contribution < -0.4 is 5.73 Å². The van der Waals surface area contributed by atoms with Crippen LogP contribution >= 0.6 is 11.8 Å². The van der Waals surface area contributed by atoms with Gasteiger partial charge >= 0.3 is 5.97 Å². The van der Waals surface area contributed by atoms with Gasteiger partial charge in [-0.05, 0) is 50.3 Å². The van der Waals surface area contributed by atoms with Crippen LogP contribution in [-0.4, -0.2) is 38.7 Å². The lowest BCUT2D eigenvalue weighted by atomic mass is 10.1. The summed E-state index contributed by atoms with van der Waals surface area (Å²) < 4.78 is 1.96. The van der Waals surface area contributed by atoms with Crippen LogP contribution in [0.15, 0.2) is 28.3 Å². The van der Waals surface area contributed by atoms with Gasteiger partial charge in [0.25, 0.3) is 0 Å². The van der Waals surface area contributed by atoms with Crippen molar-refractivity contribution in [2.24, 2.45) is 10.1 Å². The average Bonchev–Trinajstić information content (AvgIpc) is 3.22. The molecule has 0 amide bonds. The molecule has 0 radical (unpaired) electrons. The molecule has 1 aliphatic rings. The van der Waals surface area contributed by atoms with Crippen molar-refractivity contribution in [1.82, 2.24) is 9.55 Å². The average molecular weight is 388 g/mol. The first-order valence-corrected chi connectivity index (χ1v) is 10.3. The smallest absolute Gasteiger partial charge is 0.334 e. The van der Waals surface area contributed by atoms with Gasteiger partial charge in [0.05, 0.1) is 17.1 Å². The van der Waals surface area contributed by atoms with Crippen LogP contribution in [0.4, 0.5) is 5.95 Å².